The van der Waals surface area contributed by atoms with Crippen molar-refractivity contribution in [1.29, 1.82) is 0 Å². The molecule has 1 fully saturated rings. The first kappa shape index (κ1) is 18.9. The molecule has 0 amide bonds. The lowest BCUT2D eigenvalue weighted by molar-refractivity contribution is 0.0470. The van der Waals surface area contributed by atoms with Crippen molar-refractivity contribution in [3.05, 3.63) is 64.7 Å². The molecule has 6 heteroatoms. The minimum Gasteiger partial charge on any atom is -0.496 e. The summed E-state index contributed by atoms with van der Waals surface area (Å²) in [4.78, 5) is 23.9. The highest BCUT2D eigenvalue weighted by Crippen LogP contribution is 2.45. The zero-order valence-electron chi connectivity index (χ0n) is 14.7. The Labute approximate surface area is 161 Å². The fourth-order valence-electron chi connectivity index (χ4n) is 2.66. The van der Waals surface area contributed by atoms with Crippen molar-refractivity contribution in [2.75, 3.05) is 18.6 Å². The van der Waals surface area contributed by atoms with E-state index in [-0.39, 0.29) is 12.4 Å². The van der Waals surface area contributed by atoms with Gasteiger partial charge in [-0.05, 0) is 42.8 Å². The molecule has 0 N–H and O–H groups in total. The van der Waals surface area contributed by atoms with Crippen molar-refractivity contribution in [1.82, 2.24) is 0 Å². The number of hydrogen-bond donors (Lipinski definition) is 0. The topological polar surface area (TPSA) is 52.6 Å². The van der Waals surface area contributed by atoms with Gasteiger partial charge in [0.25, 0.3) is 0 Å². The lowest BCUT2D eigenvalue weighted by Crippen LogP contribution is -2.07. The van der Waals surface area contributed by atoms with E-state index in [0.29, 0.717) is 27.0 Å². The summed E-state index contributed by atoms with van der Waals surface area (Å²) < 4.78 is 11.2. The van der Waals surface area contributed by atoms with Gasteiger partial charge in [0, 0.05) is 22.6 Å². The molecule has 1 aliphatic rings. The molecule has 0 saturated carbocycles. The number of Topliss-reactive ketones (excluding diaryl/α,β-unsaturated/α-hetero) is 1. The number of benzene rings is 2. The van der Waals surface area contributed by atoms with Crippen molar-refractivity contribution < 1.29 is 19.1 Å². The molecule has 2 aromatic rings. The zero-order valence-corrected chi connectivity index (χ0v) is 16.3. The molecule has 2 aromatic carbocycles. The first-order chi connectivity index (χ1) is 12.6. The number of carbonyl (C=O) groups is 2. The summed E-state index contributed by atoms with van der Waals surface area (Å²) in [6.07, 6.45) is 0. The quantitative estimate of drug-likeness (QED) is 0.527. The van der Waals surface area contributed by atoms with E-state index >= 15 is 0 Å². The van der Waals surface area contributed by atoms with Gasteiger partial charge in [0.1, 0.15) is 12.4 Å². The molecule has 1 aliphatic heterocycles. The van der Waals surface area contributed by atoms with Gasteiger partial charge in [0.15, 0.2) is 5.78 Å². The summed E-state index contributed by atoms with van der Waals surface area (Å²) in [5.41, 5.74) is 2.98. The molecule has 0 spiro atoms. The molecule has 0 radical (unpaired) electrons. The summed E-state index contributed by atoms with van der Waals surface area (Å²) in [5.74, 6) is 2.49. The average Bonchev–Trinajstić information content (AvgIpc) is 3.20. The highest BCUT2D eigenvalue weighted by molar-refractivity contribution is 8.19. The summed E-state index contributed by atoms with van der Waals surface area (Å²) in [7, 11) is 1.55. The highest BCUT2D eigenvalue weighted by Gasteiger charge is 2.19. The van der Waals surface area contributed by atoms with Gasteiger partial charge in [-0.15, -0.1) is 23.5 Å². The number of esters is 1. The largest absolute Gasteiger partial charge is 0.496 e. The molecule has 0 unspecified atom stereocenters. The maximum absolute atomic E-state index is 12.3. The predicted molar refractivity (Wildman–Crippen MR) is 106 cm³/mol. The fraction of sp³-hybridized carbons (Fsp3) is 0.300. The number of hydrogen-bond acceptors (Lipinski definition) is 6. The second-order valence-corrected chi connectivity index (χ2v) is 8.58. The smallest absolute Gasteiger partial charge is 0.338 e. The monoisotopic (exact) mass is 388 g/mol. The summed E-state index contributed by atoms with van der Waals surface area (Å²) in [6, 6.07) is 12.7. The van der Waals surface area contributed by atoms with E-state index in [4.69, 9.17) is 9.47 Å². The van der Waals surface area contributed by atoms with Gasteiger partial charge in [0.05, 0.1) is 17.3 Å². The minimum absolute atomic E-state index is 0.0431. The van der Waals surface area contributed by atoms with Crippen molar-refractivity contribution in [2.24, 2.45) is 0 Å². The zero-order chi connectivity index (χ0) is 18.5. The van der Waals surface area contributed by atoms with Crippen LogP contribution in [0.1, 0.15) is 43.3 Å². The van der Waals surface area contributed by atoms with Gasteiger partial charge < -0.3 is 9.47 Å². The minimum atomic E-state index is -0.390. The van der Waals surface area contributed by atoms with E-state index in [1.165, 1.54) is 24.0 Å². The maximum Gasteiger partial charge on any atom is 0.338 e. The van der Waals surface area contributed by atoms with Crippen molar-refractivity contribution in [2.45, 2.75) is 18.1 Å². The molecule has 0 bridgehead atoms. The second kappa shape index (κ2) is 8.64. The maximum atomic E-state index is 12.3. The molecular formula is C20H20O4S2. The van der Waals surface area contributed by atoms with Crippen LogP contribution in [-0.4, -0.2) is 30.4 Å². The van der Waals surface area contributed by atoms with Crippen LogP contribution in [0.15, 0.2) is 42.5 Å². The van der Waals surface area contributed by atoms with Gasteiger partial charge in [0.2, 0.25) is 0 Å². The number of ketones is 1. The molecular weight excluding hydrogens is 368 g/mol. The highest BCUT2D eigenvalue weighted by atomic mass is 32.2. The van der Waals surface area contributed by atoms with Gasteiger partial charge in [-0.2, -0.15) is 0 Å². The van der Waals surface area contributed by atoms with Gasteiger partial charge >= 0.3 is 5.97 Å². The molecule has 4 nitrogen and oxygen atoms in total. The van der Waals surface area contributed by atoms with Crippen LogP contribution in [0.3, 0.4) is 0 Å². The Morgan fingerprint density at radius 3 is 2.31 bits per heavy atom. The molecule has 0 aromatic heterocycles. The number of ether oxygens (including phenoxy) is 2. The second-order valence-electron chi connectivity index (χ2n) is 5.85. The number of methoxy groups -OCH3 is 1. The molecule has 26 heavy (non-hydrogen) atoms. The first-order valence-electron chi connectivity index (χ1n) is 8.26. The fourth-order valence-corrected chi connectivity index (χ4v) is 5.52. The van der Waals surface area contributed by atoms with E-state index in [1.54, 1.807) is 37.4 Å². The van der Waals surface area contributed by atoms with Gasteiger partial charge in [-0.1, -0.05) is 12.1 Å². The number of rotatable bonds is 6. The normalized spacial score (nSPS) is 14.2. The number of thioether (sulfide) groups is 2. The lowest BCUT2D eigenvalue weighted by Gasteiger charge is -2.11. The SMILES string of the molecule is COc1ccc(C(C)=O)cc1COC(=O)c1ccc(C2SCCS2)cc1. The molecule has 0 aliphatic carbocycles. The van der Waals surface area contributed by atoms with E-state index < -0.39 is 5.97 Å². The van der Waals surface area contributed by atoms with Crippen LogP contribution in [0.2, 0.25) is 0 Å². The molecule has 1 saturated heterocycles. The van der Waals surface area contributed by atoms with Crippen LogP contribution < -0.4 is 4.74 Å². The molecule has 0 atom stereocenters. The van der Waals surface area contributed by atoms with Crippen LogP contribution in [0.4, 0.5) is 0 Å². The first-order valence-corrected chi connectivity index (χ1v) is 10.4. The third-order valence-corrected chi connectivity index (χ3v) is 7.19. The third-order valence-electron chi connectivity index (χ3n) is 4.09. The van der Waals surface area contributed by atoms with E-state index in [9.17, 15) is 9.59 Å². The van der Waals surface area contributed by atoms with Gasteiger partial charge in [-0.3, -0.25) is 4.79 Å². The Bertz CT molecular complexity index is 796. The van der Waals surface area contributed by atoms with E-state index in [0.717, 1.165) is 0 Å². The Hall–Kier alpha value is -1.92. The van der Waals surface area contributed by atoms with Crippen LogP contribution in [0, 0.1) is 0 Å². The van der Waals surface area contributed by atoms with Gasteiger partial charge in [-0.25, -0.2) is 4.79 Å². The van der Waals surface area contributed by atoms with Crippen LogP contribution in [0.5, 0.6) is 5.75 Å². The molecule has 136 valence electrons. The standard InChI is InChI=1S/C20H20O4S2/c1-13(21)16-7-8-18(23-2)17(11-16)12-24-19(22)14-3-5-15(6-4-14)20-25-9-10-26-20/h3-8,11,20H,9-10,12H2,1-2H3. The molecule has 1 heterocycles. The third kappa shape index (κ3) is 4.43. The van der Waals surface area contributed by atoms with Crippen molar-refractivity contribution in [3.63, 3.8) is 0 Å². The Morgan fingerprint density at radius 2 is 1.69 bits per heavy atom. The number of carbonyl (C=O) groups excluding carboxylic acids is 2. The van der Waals surface area contributed by atoms with Crippen LogP contribution >= 0.6 is 23.5 Å². The molecule has 3 rings (SSSR count). The Kier molecular flexibility index (Phi) is 6.27. The van der Waals surface area contributed by atoms with Crippen molar-refractivity contribution >= 4 is 35.3 Å². The Balaban J connectivity index is 1.66. The summed E-state index contributed by atoms with van der Waals surface area (Å²) >= 11 is 3.86. The van der Waals surface area contributed by atoms with Crippen LogP contribution in [-0.2, 0) is 11.3 Å². The van der Waals surface area contributed by atoms with E-state index in [1.807, 2.05) is 35.7 Å². The lowest BCUT2D eigenvalue weighted by atomic mass is 10.1. The van der Waals surface area contributed by atoms with E-state index in [2.05, 4.69) is 0 Å². The summed E-state index contributed by atoms with van der Waals surface area (Å²) in [5, 5.41) is 0. The van der Waals surface area contributed by atoms with Crippen molar-refractivity contribution in [3.8, 4) is 5.75 Å². The summed E-state index contributed by atoms with van der Waals surface area (Å²) in [6.45, 7) is 1.55. The predicted octanol–water partition coefficient (Wildman–Crippen LogP) is 4.73. The Morgan fingerprint density at radius 1 is 1.04 bits per heavy atom. The van der Waals surface area contributed by atoms with Crippen LogP contribution in [0.25, 0.3) is 0 Å². The average molecular weight is 389 g/mol.